The number of morpholine rings is 1. The molecule has 0 radical (unpaired) electrons. The Bertz CT molecular complexity index is 1290. The molecule has 0 spiro atoms. The molecule has 3 N–H and O–H groups in total. The Morgan fingerprint density at radius 3 is 2.41 bits per heavy atom. The molecule has 2 aromatic carbocycles. The van der Waals surface area contributed by atoms with Crippen molar-refractivity contribution in [1.82, 2.24) is 15.4 Å². The van der Waals surface area contributed by atoms with Crippen LogP contribution in [0, 0.1) is 0 Å². The average Bonchev–Trinajstić information content (AvgIpc) is 2.85. The van der Waals surface area contributed by atoms with E-state index in [0.717, 1.165) is 12.1 Å². The van der Waals surface area contributed by atoms with Crippen LogP contribution in [-0.4, -0.2) is 48.2 Å². The first kappa shape index (κ1) is 26.2. The van der Waals surface area contributed by atoms with E-state index in [-0.39, 0.29) is 11.4 Å². The molecule has 1 fully saturated rings. The number of nitrogens with zero attached hydrogens (tertiary/aromatic N) is 2. The van der Waals surface area contributed by atoms with Gasteiger partial charge in [0.25, 0.3) is 5.91 Å². The van der Waals surface area contributed by atoms with E-state index in [0.29, 0.717) is 43.5 Å². The van der Waals surface area contributed by atoms with Crippen LogP contribution >= 0.6 is 11.6 Å². The third kappa shape index (κ3) is 7.32. The van der Waals surface area contributed by atoms with Gasteiger partial charge in [-0.25, -0.2) is 9.80 Å². The zero-order chi connectivity index (χ0) is 26.4. The zero-order valence-electron chi connectivity index (χ0n) is 19.1. The van der Waals surface area contributed by atoms with Gasteiger partial charge in [-0.15, -0.1) is 0 Å². The lowest BCUT2D eigenvalue weighted by Crippen LogP contribution is -2.48. The van der Waals surface area contributed by atoms with E-state index in [9.17, 15) is 22.8 Å². The van der Waals surface area contributed by atoms with Crippen LogP contribution in [0.3, 0.4) is 0 Å². The lowest BCUT2D eigenvalue weighted by molar-refractivity contribution is -0.137. The molecule has 13 heteroatoms. The van der Waals surface area contributed by atoms with Gasteiger partial charge in [0.1, 0.15) is 17.2 Å². The van der Waals surface area contributed by atoms with Crippen molar-refractivity contribution in [3.8, 4) is 11.5 Å². The summed E-state index contributed by atoms with van der Waals surface area (Å²) in [7, 11) is 0. The number of rotatable bonds is 6. The first-order valence-electron chi connectivity index (χ1n) is 11.0. The summed E-state index contributed by atoms with van der Waals surface area (Å²) in [4.78, 5) is 28.9. The van der Waals surface area contributed by atoms with Crippen LogP contribution in [-0.2, 0) is 10.9 Å². The summed E-state index contributed by atoms with van der Waals surface area (Å²) in [5.41, 5.74) is 2.09. The van der Waals surface area contributed by atoms with Crippen molar-refractivity contribution in [2.75, 3.05) is 36.9 Å². The molecule has 1 aromatic heterocycles. The molecule has 2 heterocycles. The van der Waals surface area contributed by atoms with E-state index in [1.807, 2.05) is 0 Å². The van der Waals surface area contributed by atoms with E-state index in [4.69, 9.17) is 21.1 Å². The topological polar surface area (TPSA) is 105 Å². The lowest BCUT2D eigenvalue weighted by Gasteiger charge is -2.26. The number of ether oxygens (including phenoxy) is 2. The third-order valence-electron chi connectivity index (χ3n) is 5.09. The first-order chi connectivity index (χ1) is 17.7. The summed E-state index contributed by atoms with van der Waals surface area (Å²) in [6, 6.07) is 11.7. The number of aromatic nitrogens is 1. The van der Waals surface area contributed by atoms with Gasteiger partial charge in [-0.3, -0.25) is 15.2 Å². The number of alkyl halides is 3. The molecule has 37 heavy (non-hydrogen) atoms. The van der Waals surface area contributed by atoms with E-state index in [1.54, 1.807) is 29.3 Å². The fourth-order valence-corrected chi connectivity index (χ4v) is 3.59. The molecule has 3 amide bonds. The Balaban J connectivity index is 1.38. The van der Waals surface area contributed by atoms with Gasteiger partial charge in [0.05, 0.1) is 23.8 Å². The second kappa shape index (κ2) is 11.5. The van der Waals surface area contributed by atoms with Crippen LogP contribution < -0.4 is 20.8 Å². The van der Waals surface area contributed by atoms with Crippen molar-refractivity contribution in [2.45, 2.75) is 6.18 Å². The normalized spacial score (nSPS) is 14.1. The smallest absolute Gasteiger partial charge is 0.417 e. The molecule has 0 bridgehead atoms. The number of pyridine rings is 1. The Kier molecular flexibility index (Phi) is 8.11. The van der Waals surface area contributed by atoms with Gasteiger partial charge in [-0.05, 0) is 36.4 Å². The number of carbonyl (C=O) groups excluding carboxylic acids is 2. The molecule has 3 aromatic rings. The predicted molar refractivity (Wildman–Crippen MR) is 130 cm³/mol. The Morgan fingerprint density at radius 2 is 1.68 bits per heavy atom. The number of urea groups is 1. The molecule has 9 nitrogen and oxygen atoms in total. The highest BCUT2D eigenvalue weighted by atomic mass is 35.5. The number of benzene rings is 2. The van der Waals surface area contributed by atoms with Crippen LogP contribution in [0.4, 0.5) is 29.3 Å². The van der Waals surface area contributed by atoms with Crippen LogP contribution in [0.5, 0.6) is 11.5 Å². The molecular formula is C24H21ClF3N5O4. The highest BCUT2D eigenvalue weighted by Gasteiger charge is 2.33. The maximum absolute atomic E-state index is 13.1. The SMILES string of the molecule is O=C(Nc1cccc(Oc2ccnc(C(=O)NN3CCOCC3)c2)c1)Nc1ccc(Cl)c(C(F)(F)F)c1. The summed E-state index contributed by atoms with van der Waals surface area (Å²) < 4.78 is 50.2. The van der Waals surface area contributed by atoms with E-state index < -0.39 is 28.7 Å². The second-order valence-corrected chi connectivity index (χ2v) is 8.23. The molecule has 0 aliphatic carbocycles. The number of amides is 3. The van der Waals surface area contributed by atoms with Gasteiger partial charge in [0, 0.05) is 42.8 Å². The third-order valence-corrected chi connectivity index (χ3v) is 5.42. The van der Waals surface area contributed by atoms with Crippen molar-refractivity contribution in [3.05, 3.63) is 77.1 Å². The minimum atomic E-state index is -4.66. The van der Waals surface area contributed by atoms with Crippen LogP contribution in [0.15, 0.2) is 60.8 Å². The Hall–Kier alpha value is -3.87. The minimum Gasteiger partial charge on any atom is -0.457 e. The largest absolute Gasteiger partial charge is 0.457 e. The molecule has 1 aliphatic rings. The van der Waals surface area contributed by atoms with Crippen molar-refractivity contribution >= 4 is 34.9 Å². The lowest BCUT2D eigenvalue weighted by atomic mass is 10.2. The monoisotopic (exact) mass is 535 g/mol. The van der Waals surface area contributed by atoms with Crippen LogP contribution in [0.2, 0.25) is 5.02 Å². The number of nitrogens with one attached hydrogen (secondary N) is 3. The minimum absolute atomic E-state index is 0.0821. The van der Waals surface area contributed by atoms with E-state index >= 15 is 0 Å². The molecule has 0 atom stereocenters. The Labute approximate surface area is 214 Å². The number of hydrazine groups is 1. The molecule has 1 saturated heterocycles. The summed E-state index contributed by atoms with van der Waals surface area (Å²) >= 11 is 5.61. The maximum Gasteiger partial charge on any atom is 0.417 e. The average molecular weight is 536 g/mol. The number of carbonyl (C=O) groups is 2. The molecule has 4 rings (SSSR count). The number of hydrogen-bond donors (Lipinski definition) is 3. The van der Waals surface area contributed by atoms with Gasteiger partial charge in [-0.1, -0.05) is 17.7 Å². The fourth-order valence-electron chi connectivity index (χ4n) is 3.36. The number of halogens is 4. The highest BCUT2D eigenvalue weighted by Crippen LogP contribution is 2.36. The standard InChI is InChI=1S/C24H21ClF3N5O4/c25-20-5-4-16(13-19(20)24(26,27)28)31-23(35)30-15-2-1-3-17(12-15)37-18-6-7-29-21(14-18)22(34)32-33-8-10-36-11-9-33/h1-7,12-14H,8-11H2,(H,32,34)(H2,30,31,35). The van der Waals surface area contributed by atoms with Crippen LogP contribution in [0.25, 0.3) is 0 Å². The van der Waals surface area contributed by atoms with Gasteiger partial charge < -0.3 is 20.1 Å². The van der Waals surface area contributed by atoms with Gasteiger partial charge >= 0.3 is 12.2 Å². The molecular weight excluding hydrogens is 515 g/mol. The second-order valence-electron chi connectivity index (χ2n) is 7.82. The van der Waals surface area contributed by atoms with Crippen molar-refractivity contribution in [2.24, 2.45) is 0 Å². The summed E-state index contributed by atoms with van der Waals surface area (Å²) in [5, 5.41) is 6.14. The zero-order valence-corrected chi connectivity index (χ0v) is 19.9. The van der Waals surface area contributed by atoms with Gasteiger partial charge in [-0.2, -0.15) is 13.2 Å². The van der Waals surface area contributed by atoms with E-state index in [1.165, 1.54) is 24.4 Å². The van der Waals surface area contributed by atoms with Gasteiger partial charge in [0.2, 0.25) is 0 Å². The molecule has 1 aliphatic heterocycles. The van der Waals surface area contributed by atoms with Crippen molar-refractivity contribution in [1.29, 1.82) is 0 Å². The molecule has 0 unspecified atom stereocenters. The predicted octanol–water partition coefficient (Wildman–Crippen LogP) is 5.17. The fraction of sp³-hybridized carbons (Fsp3) is 0.208. The quantitative estimate of drug-likeness (QED) is 0.402. The molecule has 0 saturated carbocycles. The highest BCUT2D eigenvalue weighted by molar-refractivity contribution is 6.31. The van der Waals surface area contributed by atoms with Crippen molar-refractivity contribution in [3.63, 3.8) is 0 Å². The number of anilines is 2. The number of hydrogen-bond acceptors (Lipinski definition) is 6. The van der Waals surface area contributed by atoms with E-state index in [2.05, 4.69) is 21.0 Å². The van der Waals surface area contributed by atoms with Crippen LogP contribution in [0.1, 0.15) is 16.1 Å². The summed E-state index contributed by atoms with van der Waals surface area (Å²) in [6.45, 7) is 2.18. The molecule has 194 valence electrons. The van der Waals surface area contributed by atoms with Gasteiger partial charge in [0.15, 0.2) is 0 Å². The van der Waals surface area contributed by atoms with Crippen molar-refractivity contribution < 1.29 is 32.2 Å². The first-order valence-corrected chi connectivity index (χ1v) is 11.4. The Morgan fingerprint density at radius 1 is 0.973 bits per heavy atom. The summed E-state index contributed by atoms with van der Waals surface area (Å²) in [5.74, 6) is 0.286. The maximum atomic E-state index is 13.1. The summed E-state index contributed by atoms with van der Waals surface area (Å²) in [6.07, 6.45) is -3.23.